The molecule has 0 amide bonds. The molecule has 0 unspecified atom stereocenters. The summed E-state index contributed by atoms with van der Waals surface area (Å²) in [5.74, 6) is -0.147. The van der Waals surface area contributed by atoms with Crippen LogP contribution in [0.1, 0.15) is 5.69 Å². The Morgan fingerprint density at radius 3 is 2.88 bits per heavy atom. The number of hydrogen-bond donors (Lipinski definition) is 0. The van der Waals surface area contributed by atoms with Gasteiger partial charge >= 0.3 is 5.82 Å². The quantitative estimate of drug-likeness (QED) is 0.409. The van der Waals surface area contributed by atoms with Crippen molar-refractivity contribution in [3.63, 3.8) is 0 Å². The fourth-order valence-electron chi connectivity index (χ4n) is 1.43. The monoisotopic (exact) mass is 236 g/mol. The fraction of sp³-hybridized carbons (Fsp3) is 0.364. The second-order valence-corrected chi connectivity index (χ2v) is 3.66. The van der Waals surface area contributed by atoms with E-state index in [1.807, 2.05) is 11.9 Å². The minimum Gasteiger partial charge on any atom is -0.358 e. The summed E-state index contributed by atoms with van der Waals surface area (Å²) in [6.07, 6.45) is 3.37. The molecule has 92 valence electrons. The zero-order valence-electron chi connectivity index (χ0n) is 9.87. The maximum absolute atomic E-state index is 10.6. The first-order valence-electron chi connectivity index (χ1n) is 5.22. The minimum absolute atomic E-state index is 0.147. The highest BCUT2D eigenvalue weighted by atomic mass is 16.6. The van der Waals surface area contributed by atoms with Gasteiger partial charge in [-0.15, -0.1) is 6.58 Å². The van der Waals surface area contributed by atoms with E-state index in [0.717, 1.165) is 13.1 Å². The van der Waals surface area contributed by atoms with Crippen LogP contribution in [0.25, 0.3) is 6.08 Å². The van der Waals surface area contributed by atoms with Crippen LogP contribution in [0.3, 0.4) is 0 Å². The molecular formula is C11H16N4O2. The lowest BCUT2D eigenvalue weighted by Gasteiger charge is -2.12. The highest BCUT2D eigenvalue weighted by molar-refractivity contribution is 5.45. The number of hydrogen-bond acceptors (Lipinski definition) is 4. The maximum atomic E-state index is 10.6. The van der Waals surface area contributed by atoms with Gasteiger partial charge < -0.3 is 15.0 Å². The van der Waals surface area contributed by atoms with Gasteiger partial charge in [0.2, 0.25) is 0 Å². The van der Waals surface area contributed by atoms with Crippen LogP contribution >= 0.6 is 0 Å². The number of rotatable bonds is 7. The van der Waals surface area contributed by atoms with Gasteiger partial charge in [0, 0.05) is 13.1 Å². The molecule has 0 aliphatic carbocycles. The summed E-state index contributed by atoms with van der Waals surface area (Å²) in [6, 6.07) is 1.42. The van der Waals surface area contributed by atoms with E-state index in [-0.39, 0.29) is 5.82 Å². The molecule has 6 nitrogen and oxygen atoms in total. The predicted molar refractivity (Wildman–Crippen MR) is 66.7 cm³/mol. The third-order valence-electron chi connectivity index (χ3n) is 2.33. The van der Waals surface area contributed by atoms with E-state index in [1.165, 1.54) is 6.07 Å². The van der Waals surface area contributed by atoms with Crippen LogP contribution in [0, 0.1) is 10.1 Å². The summed E-state index contributed by atoms with van der Waals surface area (Å²) in [5, 5.41) is 14.5. The standard InChI is InChI=1S/C11H16N4O2/c1-4-6-13(3)7-8-14-10(5-2)9-11(12-14)15(16)17/h4-5,9H,1-2,6-8H2,3H3. The van der Waals surface area contributed by atoms with Gasteiger partial charge in [0.05, 0.1) is 23.4 Å². The Hall–Kier alpha value is -1.95. The molecule has 1 aromatic heterocycles. The van der Waals surface area contributed by atoms with E-state index in [1.54, 1.807) is 16.8 Å². The first-order chi connectivity index (χ1) is 8.08. The molecule has 0 radical (unpaired) electrons. The molecule has 0 aromatic carbocycles. The number of nitrogens with zero attached hydrogens (tertiary/aromatic N) is 4. The molecule has 0 bridgehead atoms. The summed E-state index contributed by atoms with van der Waals surface area (Å²) in [5.41, 5.74) is 0.656. The van der Waals surface area contributed by atoms with Gasteiger partial charge in [0.15, 0.2) is 0 Å². The molecule has 0 saturated heterocycles. The third-order valence-corrected chi connectivity index (χ3v) is 2.33. The lowest BCUT2D eigenvalue weighted by Crippen LogP contribution is -2.24. The Balaban J connectivity index is 2.72. The molecule has 6 heteroatoms. The van der Waals surface area contributed by atoms with Crippen LogP contribution in [0.4, 0.5) is 5.82 Å². The Morgan fingerprint density at radius 2 is 2.35 bits per heavy atom. The highest BCUT2D eigenvalue weighted by Gasteiger charge is 2.15. The van der Waals surface area contributed by atoms with Crippen LogP contribution in [0.2, 0.25) is 0 Å². The van der Waals surface area contributed by atoms with Gasteiger partial charge in [-0.2, -0.15) is 4.68 Å². The summed E-state index contributed by atoms with van der Waals surface area (Å²) < 4.78 is 1.59. The van der Waals surface area contributed by atoms with Gasteiger partial charge in [-0.3, -0.25) is 0 Å². The normalized spacial score (nSPS) is 10.5. The summed E-state index contributed by atoms with van der Waals surface area (Å²) in [7, 11) is 1.95. The Labute approximate surface area is 100.0 Å². The maximum Gasteiger partial charge on any atom is 0.390 e. The highest BCUT2D eigenvalue weighted by Crippen LogP contribution is 2.12. The molecular weight excluding hydrogens is 220 g/mol. The summed E-state index contributed by atoms with van der Waals surface area (Å²) in [6.45, 7) is 9.36. The average Bonchev–Trinajstić information content (AvgIpc) is 2.70. The van der Waals surface area contributed by atoms with Crippen molar-refractivity contribution in [2.24, 2.45) is 0 Å². The molecule has 0 aliphatic heterocycles. The zero-order chi connectivity index (χ0) is 12.8. The van der Waals surface area contributed by atoms with Crippen molar-refractivity contribution in [1.29, 1.82) is 0 Å². The van der Waals surface area contributed by atoms with Crippen molar-refractivity contribution in [3.8, 4) is 0 Å². The lowest BCUT2D eigenvalue weighted by molar-refractivity contribution is -0.389. The van der Waals surface area contributed by atoms with E-state index in [9.17, 15) is 10.1 Å². The van der Waals surface area contributed by atoms with Crippen LogP contribution < -0.4 is 0 Å². The fourth-order valence-corrected chi connectivity index (χ4v) is 1.43. The lowest BCUT2D eigenvalue weighted by atomic mass is 10.4. The molecule has 1 heterocycles. The first kappa shape index (κ1) is 13.1. The van der Waals surface area contributed by atoms with Gasteiger partial charge in [0.25, 0.3) is 0 Å². The van der Waals surface area contributed by atoms with E-state index in [2.05, 4.69) is 18.3 Å². The first-order valence-corrected chi connectivity index (χ1v) is 5.22. The molecule has 0 aliphatic rings. The minimum atomic E-state index is -0.503. The van der Waals surface area contributed by atoms with E-state index in [0.29, 0.717) is 12.2 Å². The number of likely N-dealkylation sites (N-methyl/N-ethyl adjacent to an activating group) is 1. The Kier molecular flexibility index (Phi) is 4.59. The van der Waals surface area contributed by atoms with Crippen LogP contribution in [0.5, 0.6) is 0 Å². The molecule has 1 rings (SSSR count). The zero-order valence-corrected chi connectivity index (χ0v) is 9.87. The second-order valence-electron chi connectivity index (χ2n) is 3.66. The van der Waals surface area contributed by atoms with Crippen molar-refractivity contribution < 1.29 is 4.92 Å². The number of aromatic nitrogens is 2. The van der Waals surface area contributed by atoms with Crippen molar-refractivity contribution in [2.45, 2.75) is 6.54 Å². The topological polar surface area (TPSA) is 64.2 Å². The third kappa shape index (κ3) is 3.53. The Morgan fingerprint density at radius 1 is 1.65 bits per heavy atom. The van der Waals surface area contributed by atoms with E-state index < -0.39 is 4.92 Å². The van der Waals surface area contributed by atoms with Crippen LogP contribution in [-0.4, -0.2) is 39.7 Å². The van der Waals surface area contributed by atoms with Crippen molar-refractivity contribution in [1.82, 2.24) is 14.7 Å². The average molecular weight is 236 g/mol. The molecule has 0 saturated carbocycles. The second kappa shape index (κ2) is 5.95. The molecule has 1 aromatic rings. The van der Waals surface area contributed by atoms with Crippen molar-refractivity contribution in [3.05, 3.63) is 41.1 Å². The van der Waals surface area contributed by atoms with Gasteiger partial charge in [0.1, 0.15) is 0 Å². The number of nitro groups is 1. The van der Waals surface area contributed by atoms with Gasteiger partial charge in [-0.05, 0) is 18.0 Å². The van der Waals surface area contributed by atoms with Crippen LogP contribution in [0.15, 0.2) is 25.3 Å². The summed E-state index contributed by atoms with van der Waals surface area (Å²) in [4.78, 5) is 12.1. The van der Waals surface area contributed by atoms with Crippen molar-refractivity contribution >= 4 is 11.9 Å². The van der Waals surface area contributed by atoms with Crippen LogP contribution in [-0.2, 0) is 6.54 Å². The largest absolute Gasteiger partial charge is 0.390 e. The van der Waals surface area contributed by atoms with Gasteiger partial charge in [-0.25, -0.2) is 0 Å². The Bertz CT molecular complexity index is 425. The molecule has 0 fully saturated rings. The van der Waals surface area contributed by atoms with E-state index in [4.69, 9.17) is 0 Å². The molecule has 0 N–H and O–H groups in total. The van der Waals surface area contributed by atoms with Gasteiger partial charge in [-0.1, -0.05) is 12.7 Å². The van der Waals surface area contributed by atoms with Crippen molar-refractivity contribution in [2.75, 3.05) is 20.1 Å². The van der Waals surface area contributed by atoms with E-state index >= 15 is 0 Å². The molecule has 0 atom stereocenters. The smallest absolute Gasteiger partial charge is 0.358 e. The summed E-state index contributed by atoms with van der Waals surface area (Å²) >= 11 is 0. The molecule has 17 heavy (non-hydrogen) atoms. The molecule has 0 spiro atoms. The predicted octanol–water partition coefficient (Wildman–Crippen LogP) is 1.55. The SMILES string of the molecule is C=CCN(C)CCn1nc([N+](=O)[O-])cc1C=C.